The van der Waals surface area contributed by atoms with Gasteiger partial charge in [-0.15, -0.1) is 0 Å². The zero-order chi connectivity index (χ0) is 16.3. The molecular formula is C14H22N2O4S. The molecule has 118 valence electrons. The zero-order valence-corrected chi connectivity index (χ0v) is 13.6. The Labute approximate surface area is 125 Å². The van der Waals surface area contributed by atoms with Crippen molar-refractivity contribution in [2.24, 2.45) is 0 Å². The molecule has 0 aliphatic heterocycles. The number of hydrogen-bond acceptors (Lipinski definition) is 3. The highest BCUT2D eigenvalue weighted by molar-refractivity contribution is 7.92. The third-order valence-corrected chi connectivity index (χ3v) is 3.53. The molecule has 0 atom stereocenters. The number of benzene rings is 1. The molecule has 1 aromatic rings. The highest BCUT2D eigenvalue weighted by Crippen LogP contribution is 2.16. The number of nitrogens with zero attached hydrogens (tertiary/aromatic N) is 1. The molecule has 0 aromatic heterocycles. The molecule has 0 radical (unpaired) electrons. The van der Waals surface area contributed by atoms with Crippen LogP contribution in [0.15, 0.2) is 24.3 Å². The number of carbonyl (C=O) groups is 1. The molecule has 7 heteroatoms. The van der Waals surface area contributed by atoms with Crippen molar-refractivity contribution < 1.29 is 18.3 Å². The van der Waals surface area contributed by atoms with Crippen LogP contribution >= 0.6 is 0 Å². The Morgan fingerprint density at radius 2 is 1.76 bits per heavy atom. The molecule has 0 bridgehead atoms. The molecule has 6 nitrogen and oxygen atoms in total. The first kappa shape index (κ1) is 17.3. The SMILES string of the molecule is CC(C)(C)N(CCc1ccc(NS(C)(=O)=O)cc1)C(=O)O. The van der Waals surface area contributed by atoms with Gasteiger partial charge in [0.1, 0.15) is 0 Å². The second-order valence-electron chi connectivity index (χ2n) is 5.93. The van der Waals surface area contributed by atoms with Gasteiger partial charge in [-0.1, -0.05) is 12.1 Å². The van der Waals surface area contributed by atoms with Crippen LogP contribution in [-0.2, 0) is 16.4 Å². The molecule has 0 aliphatic rings. The summed E-state index contributed by atoms with van der Waals surface area (Å²) < 4.78 is 24.6. The van der Waals surface area contributed by atoms with Gasteiger partial charge >= 0.3 is 6.09 Å². The number of nitrogens with one attached hydrogen (secondary N) is 1. The van der Waals surface area contributed by atoms with Gasteiger partial charge < -0.3 is 10.0 Å². The van der Waals surface area contributed by atoms with Crippen molar-refractivity contribution in [1.29, 1.82) is 0 Å². The second kappa shape index (κ2) is 6.34. The van der Waals surface area contributed by atoms with Crippen molar-refractivity contribution in [2.75, 3.05) is 17.5 Å². The fraction of sp³-hybridized carbons (Fsp3) is 0.500. The zero-order valence-electron chi connectivity index (χ0n) is 12.8. The van der Waals surface area contributed by atoms with E-state index in [4.69, 9.17) is 0 Å². The van der Waals surface area contributed by atoms with E-state index in [0.717, 1.165) is 11.8 Å². The first-order valence-corrected chi connectivity index (χ1v) is 8.45. The fourth-order valence-corrected chi connectivity index (χ4v) is 2.48. The van der Waals surface area contributed by atoms with Crippen LogP contribution < -0.4 is 4.72 Å². The summed E-state index contributed by atoms with van der Waals surface area (Å²) in [4.78, 5) is 12.6. The minimum absolute atomic E-state index is 0.387. The Balaban J connectivity index is 2.70. The average molecular weight is 314 g/mol. The lowest BCUT2D eigenvalue weighted by Gasteiger charge is -2.33. The molecule has 2 N–H and O–H groups in total. The molecule has 0 unspecified atom stereocenters. The van der Waals surface area contributed by atoms with E-state index in [9.17, 15) is 18.3 Å². The molecule has 1 amide bonds. The highest BCUT2D eigenvalue weighted by Gasteiger charge is 2.25. The van der Waals surface area contributed by atoms with Crippen LogP contribution in [0.1, 0.15) is 26.3 Å². The van der Waals surface area contributed by atoms with Crippen LogP contribution in [0.25, 0.3) is 0 Å². The van der Waals surface area contributed by atoms with E-state index >= 15 is 0 Å². The van der Waals surface area contributed by atoms with E-state index in [-0.39, 0.29) is 0 Å². The van der Waals surface area contributed by atoms with E-state index in [1.54, 1.807) is 24.3 Å². The van der Waals surface area contributed by atoms with Gasteiger partial charge in [0, 0.05) is 17.8 Å². The van der Waals surface area contributed by atoms with Crippen LogP contribution in [-0.4, -0.2) is 42.9 Å². The van der Waals surface area contributed by atoms with Gasteiger partial charge in [0.15, 0.2) is 0 Å². The van der Waals surface area contributed by atoms with E-state index in [0.29, 0.717) is 18.7 Å². The predicted molar refractivity (Wildman–Crippen MR) is 83.1 cm³/mol. The molecule has 1 aromatic carbocycles. The van der Waals surface area contributed by atoms with E-state index in [1.807, 2.05) is 20.8 Å². The third-order valence-electron chi connectivity index (χ3n) is 2.92. The Hall–Kier alpha value is -1.76. The van der Waals surface area contributed by atoms with Crippen molar-refractivity contribution in [3.63, 3.8) is 0 Å². The summed E-state index contributed by atoms with van der Waals surface area (Å²) in [5.74, 6) is 0. The van der Waals surface area contributed by atoms with Crippen LogP contribution in [0.2, 0.25) is 0 Å². The first-order chi connectivity index (χ1) is 9.49. The van der Waals surface area contributed by atoms with Crippen LogP contribution in [0, 0.1) is 0 Å². The van der Waals surface area contributed by atoms with Crippen molar-refractivity contribution in [2.45, 2.75) is 32.7 Å². The Kier molecular flexibility index (Phi) is 5.22. The first-order valence-electron chi connectivity index (χ1n) is 6.56. The number of anilines is 1. The lowest BCUT2D eigenvalue weighted by atomic mass is 10.0. The minimum Gasteiger partial charge on any atom is -0.465 e. The maximum atomic E-state index is 11.2. The van der Waals surface area contributed by atoms with Crippen molar-refractivity contribution in [3.8, 4) is 0 Å². The number of amides is 1. The number of carboxylic acid groups (broad SMARTS) is 1. The summed E-state index contributed by atoms with van der Waals surface area (Å²) >= 11 is 0. The standard InChI is InChI=1S/C14H22N2O4S/c1-14(2,3)16(13(17)18)10-9-11-5-7-12(8-6-11)15-21(4,19)20/h5-8,15H,9-10H2,1-4H3,(H,17,18). The lowest BCUT2D eigenvalue weighted by molar-refractivity contribution is 0.101. The Morgan fingerprint density at radius 1 is 1.24 bits per heavy atom. The fourth-order valence-electron chi connectivity index (χ4n) is 1.91. The topological polar surface area (TPSA) is 86.7 Å². The van der Waals surface area contributed by atoms with Gasteiger partial charge in [-0.25, -0.2) is 13.2 Å². The van der Waals surface area contributed by atoms with Gasteiger partial charge in [-0.2, -0.15) is 0 Å². The summed E-state index contributed by atoms with van der Waals surface area (Å²) in [5, 5.41) is 9.21. The van der Waals surface area contributed by atoms with Crippen molar-refractivity contribution in [3.05, 3.63) is 29.8 Å². The van der Waals surface area contributed by atoms with E-state index in [2.05, 4.69) is 4.72 Å². The quantitative estimate of drug-likeness (QED) is 0.873. The molecule has 21 heavy (non-hydrogen) atoms. The summed E-state index contributed by atoms with van der Waals surface area (Å²) in [5.41, 5.74) is 0.987. The van der Waals surface area contributed by atoms with E-state index < -0.39 is 21.7 Å². The van der Waals surface area contributed by atoms with Crippen LogP contribution in [0.3, 0.4) is 0 Å². The van der Waals surface area contributed by atoms with Gasteiger partial charge in [0.2, 0.25) is 10.0 Å². The second-order valence-corrected chi connectivity index (χ2v) is 7.67. The summed E-state index contributed by atoms with van der Waals surface area (Å²) in [6.07, 6.45) is 0.718. The normalized spacial score (nSPS) is 12.0. The minimum atomic E-state index is -3.28. The summed E-state index contributed by atoms with van der Waals surface area (Å²) in [6.45, 7) is 5.93. The maximum absolute atomic E-state index is 11.2. The summed E-state index contributed by atoms with van der Waals surface area (Å²) in [7, 11) is -3.28. The number of rotatable bonds is 5. The highest BCUT2D eigenvalue weighted by atomic mass is 32.2. The largest absolute Gasteiger partial charge is 0.465 e. The molecule has 0 heterocycles. The third kappa shape index (κ3) is 6.03. The predicted octanol–water partition coefficient (Wildman–Crippen LogP) is 2.38. The number of sulfonamides is 1. The molecule has 1 rings (SSSR count). The maximum Gasteiger partial charge on any atom is 0.407 e. The van der Waals surface area contributed by atoms with E-state index in [1.165, 1.54) is 4.90 Å². The Morgan fingerprint density at radius 3 is 2.14 bits per heavy atom. The van der Waals surface area contributed by atoms with Gasteiger partial charge in [0.05, 0.1) is 6.26 Å². The van der Waals surface area contributed by atoms with Crippen LogP contribution in [0.4, 0.5) is 10.5 Å². The summed E-state index contributed by atoms with van der Waals surface area (Å²) in [6, 6.07) is 6.91. The van der Waals surface area contributed by atoms with Crippen molar-refractivity contribution >= 4 is 21.8 Å². The monoisotopic (exact) mass is 314 g/mol. The Bertz CT molecular complexity index is 588. The smallest absolute Gasteiger partial charge is 0.407 e. The average Bonchev–Trinajstić information content (AvgIpc) is 2.27. The van der Waals surface area contributed by atoms with Gasteiger partial charge in [0.25, 0.3) is 0 Å². The van der Waals surface area contributed by atoms with Gasteiger partial charge in [-0.3, -0.25) is 4.72 Å². The van der Waals surface area contributed by atoms with Gasteiger partial charge in [-0.05, 0) is 44.9 Å². The van der Waals surface area contributed by atoms with Crippen molar-refractivity contribution in [1.82, 2.24) is 4.90 Å². The molecular weight excluding hydrogens is 292 g/mol. The van der Waals surface area contributed by atoms with Crippen LogP contribution in [0.5, 0.6) is 0 Å². The number of hydrogen-bond donors (Lipinski definition) is 2. The lowest BCUT2D eigenvalue weighted by Crippen LogP contribution is -2.45. The molecule has 0 spiro atoms. The molecule has 0 aliphatic carbocycles. The molecule has 0 fully saturated rings. The molecule has 0 saturated heterocycles. The molecule has 0 saturated carbocycles.